The number of carbonyl (C=O) groups is 2. The number of imide groups is 1. The highest BCUT2D eigenvalue weighted by molar-refractivity contribution is 6.04. The van der Waals surface area contributed by atoms with E-state index >= 15 is 0 Å². The maximum absolute atomic E-state index is 12.8. The van der Waals surface area contributed by atoms with Gasteiger partial charge in [0.05, 0.1) is 13.2 Å². The minimum absolute atomic E-state index is 0.181. The van der Waals surface area contributed by atoms with Crippen LogP contribution < -0.4 is 0 Å². The molecule has 5 heteroatoms. The molecule has 0 radical (unpaired) electrons. The van der Waals surface area contributed by atoms with Gasteiger partial charge >= 0.3 is 6.03 Å². The Balaban J connectivity index is 1.58. The van der Waals surface area contributed by atoms with Gasteiger partial charge in [-0.05, 0) is 12.5 Å². The van der Waals surface area contributed by atoms with Crippen LogP contribution in [0.25, 0.3) is 0 Å². The molecule has 1 unspecified atom stereocenters. The Labute approximate surface area is 140 Å². The van der Waals surface area contributed by atoms with Crippen LogP contribution in [-0.2, 0) is 16.1 Å². The summed E-state index contributed by atoms with van der Waals surface area (Å²) >= 11 is 0. The maximum atomic E-state index is 12.8. The van der Waals surface area contributed by atoms with E-state index in [0.717, 1.165) is 16.7 Å². The maximum Gasteiger partial charge on any atom is 0.330 e. The van der Waals surface area contributed by atoms with Crippen molar-refractivity contribution in [1.29, 1.82) is 0 Å². The first-order chi connectivity index (χ1) is 11.6. The number of ether oxygens (including phenoxy) is 1. The summed E-state index contributed by atoms with van der Waals surface area (Å²) in [6.45, 7) is 2.55. The van der Waals surface area contributed by atoms with E-state index in [-0.39, 0.29) is 18.5 Å². The molecule has 2 aliphatic rings. The Morgan fingerprint density at radius 1 is 1.04 bits per heavy atom. The van der Waals surface area contributed by atoms with E-state index in [9.17, 15) is 9.59 Å². The molecule has 122 valence electrons. The van der Waals surface area contributed by atoms with Crippen LogP contribution in [-0.4, -0.2) is 34.4 Å². The van der Waals surface area contributed by atoms with Gasteiger partial charge in [-0.15, -0.1) is 0 Å². The first-order valence-corrected chi connectivity index (χ1v) is 8.01. The minimum atomic E-state index is -0.520. The van der Waals surface area contributed by atoms with Gasteiger partial charge in [-0.2, -0.15) is 0 Å². The van der Waals surface area contributed by atoms with Gasteiger partial charge in [0, 0.05) is 5.56 Å². The number of benzene rings is 2. The van der Waals surface area contributed by atoms with Crippen LogP contribution in [0.1, 0.15) is 22.9 Å². The number of urea groups is 1. The van der Waals surface area contributed by atoms with Crippen LogP contribution in [0.4, 0.5) is 4.79 Å². The molecule has 2 saturated heterocycles. The monoisotopic (exact) mass is 322 g/mol. The molecule has 0 spiro atoms. The SMILES string of the molecule is Cc1ccc(CN2C(=O)[C@H]3COC(c4ccccc4)N3C2=O)cc1. The molecule has 2 atom stereocenters. The summed E-state index contributed by atoms with van der Waals surface area (Å²) in [5.41, 5.74) is 2.98. The fourth-order valence-corrected chi connectivity index (χ4v) is 3.24. The molecule has 2 aromatic rings. The second-order valence-electron chi connectivity index (χ2n) is 6.21. The molecule has 0 aliphatic carbocycles. The predicted octanol–water partition coefficient (Wildman–Crippen LogP) is 2.86. The molecule has 0 aromatic heterocycles. The molecule has 0 bridgehead atoms. The van der Waals surface area contributed by atoms with Crippen LogP contribution in [0.15, 0.2) is 54.6 Å². The summed E-state index contributed by atoms with van der Waals surface area (Å²) < 4.78 is 5.72. The first kappa shape index (κ1) is 14.9. The van der Waals surface area contributed by atoms with Crippen molar-refractivity contribution in [1.82, 2.24) is 9.80 Å². The number of nitrogens with zero attached hydrogens (tertiary/aromatic N) is 2. The standard InChI is InChI=1S/C19H18N2O3/c1-13-7-9-14(10-8-13)11-20-17(22)16-12-24-18(21(16)19(20)23)15-5-3-2-4-6-15/h2-10,16,18H,11-12H2,1H3/t16-,18?/m1/s1. The van der Waals surface area contributed by atoms with Crippen molar-refractivity contribution >= 4 is 11.9 Å². The number of amides is 3. The summed E-state index contributed by atoms with van der Waals surface area (Å²) in [5.74, 6) is -0.181. The van der Waals surface area contributed by atoms with Gasteiger partial charge in [-0.1, -0.05) is 60.2 Å². The second kappa shape index (κ2) is 5.76. The molecule has 2 aliphatic heterocycles. The van der Waals surface area contributed by atoms with E-state index in [2.05, 4.69) is 0 Å². The number of hydrogen-bond donors (Lipinski definition) is 0. The van der Waals surface area contributed by atoms with Crippen molar-refractivity contribution in [3.8, 4) is 0 Å². The molecule has 0 saturated carbocycles. The molecule has 2 aromatic carbocycles. The summed E-state index contributed by atoms with van der Waals surface area (Å²) in [6.07, 6.45) is -0.490. The van der Waals surface area contributed by atoms with E-state index in [4.69, 9.17) is 4.74 Å². The van der Waals surface area contributed by atoms with Gasteiger partial charge in [0.15, 0.2) is 6.23 Å². The Morgan fingerprint density at radius 2 is 1.75 bits per heavy atom. The van der Waals surface area contributed by atoms with E-state index in [1.807, 2.05) is 61.5 Å². The van der Waals surface area contributed by atoms with Crippen LogP contribution in [0.5, 0.6) is 0 Å². The summed E-state index contributed by atoms with van der Waals surface area (Å²) in [4.78, 5) is 28.3. The van der Waals surface area contributed by atoms with Crippen molar-refractivity contribution in [3.63, 3.8) is 0 Å². The molecular weight excluding hydrogens is 304 g/mol. The second-order valence-corrected chi connectivity index (χ2v) is 6.21. The third-order valence-electron chi connectivity index (χ3n) is 4.55. The number of fused-ring (bicyclic) bond motifs is 1. The highest BCUT2D eigenvalue weighted by atomic mass is 16.5. The highest BCUT2D eigenvalue weighted by Gasteiger charge is 2.52. The first-order valence-electron chi connectivity index (χ1n) is 8.01. The zero-order chi connectivity index (χ0) is 16.7. The molecule has 24 heavy (non-hydrogen) atoms. The lowest BCUT2D eigenvalue weighted by Gasteiger charge is -2.22. The van der Waals surface area contributed by atoms with Gasteiger partial charge in [-0.3, -0.25) is 14.6 Å². The predicted molar refractivity (Wildman–Crippen MR) is 87.9 cm³/mol. The number of hydrogen-bond acceptors (Lipinski definition) is 3. The van der Waals surface area contributed by atoms with Crippen molar-refractivity contribution in [2.24, 2.45) is 0 Å². The number of rotatable bonds is 3. The third-order valence-corrected chi connectivity index (χ3v) is 4.55. The number of aryl methyl sites for hydroxylation is 1. The minimum Gasteiger partial charge on any atom is -0.351 e. The van der Waals surface area contributed by atoms with Crippen LogP contribution in [0, 0.1) is 6.92 Å². The van der Waals surface area contributed by atoms with Gasteiger partial charge in [0.25, 0.3) is 5.91 Å². The van der Waals surface area contributed by atoms with Crippen LogP contribution >= 0.6 is 0 Å². The van der Waals surface area contributed by atoms with E-state index in [0.29, 0.717) is 6.54 Å². The lowest BCUT2D eigenvalue weighted by atomic mass is 10.1. The summed E-state index contributed by atoms with van der Waals surface area (Å²) in [7, 11) is 0. The van der Waals surface area contributed by atoms with Gasteiger partial charge < -0.3 is 4.74 Å². The van der Waals surface area contributed by atoms with E-state index in [1.54, 1.807) is 4.90 Å². The van der Waals surface area contributed by atoms with Crippen molar-refractivity contribution in [2.75, 3.05) is 6.61 Å². The van der Waals surface area contributed by atoms with Crippen molar-refractivity contribution in [2.45, 2.75) is 25.7 Å². The fraction of sp³-hybridized carbons (Fsp3) is 0.263. The Kier molecular flexibility index (Phi) is 3.58. The zero-order valence-corrected chi connectivity index (χ0v) is 13.4. The van der Waals surface area contributed by atoms with E-state index in [1.165, 1.54) is 4.90 Å². The summed E-state index contributed by atoms with van der Waals surface area (Å²) in [6, 6.07) is 16.6. The molecule has 4 rings (SSSR count). The van der Waals surface area contributed by atoms with E-state index < -0.39 is 12.3 Å². The smallest absolute Gasteiger partial charge is 0.330 e. The van der Waals surface area contributed by atoms with Crippen LogP contribution in [0.2, 0.25) is 0 Å². The molecule has 2 heterocycles. The highest BCUT2D eigenvalue weighted by Crippen LogP contribution is 2.36. The number of carbonyl (C=O) groups excluding carboxylic acids is 2. The lowest BCUT2D eigenvalue weighted by Crippen LogP contribution is -2.34. The average Bonchev–Trinajstić information content (AvgIpc) is 3.14. The zero-order valence-electron chi connectivity index (χ0n) is 13.4. The molecule has 0 N–H and O–H groups in total. The Hall–Kier alpha value is -2.66. The van der Waals surface area contributed by atoms with Gasteiger partial charge in [0.2, 0.25) is 0 Å². The van der Waals surface area contributed by atoms with Gasteiger partial charge in [-0.25, -0.2) is 4.79 Å². The van der Waals surface area contributed by atoms with Crippen molar-refractivity contribution < 1.29 is 14.3 Å². The molecule has 3 amide bonds. The lowest BCUT2D eigenvalue weighted by molar-refractivity contribution is -0.128. The summed E-state index contributed by atoms with van der Waals surface area (Å²) in [5, 5.41) is 0. The molecule has 5 nitrogen and oxygen atoms in total. The van der Waals surface area contributed by atoms with Crippen molar-refractivity contribution in [3.05, 3.63) is 71.3 Å². The van der Waals surface area contributed by atoms with Crippen LogP contribution in [0.3, 0.4) is 0 Å². The van der Waals surface area contributed by atoms with Gasteiger partial charge in [0.1, 0.15) is 6.04 Å². The largest absolute Gasteiger partial charge is 0.351 e. The third kappa shape index (κ3) is 2.37. The fourth-order valence-electron chi connectivity index (χ4n) is 3.24. The molecule has 2 fully saturated rings. The quantitative estimate of drug-likeness (QED) is 0.817. The topological polar surface area (TPSA) is 49.9 Å². The molecular formula is C19H18N2O3. The Morgan fingerprint density at radius 3 is 2.46 bits per heavy atom. The normalized spacial score (nSPS) is 23.0. The average molecular weight is 322 g/mol. The Bertz CT molecular complexity index is 773.